The number of aryl methyl sites for hydroxylation is 2. The summed E-state index contributed by atoms with van der Waals surface area (Å²) in [6.07, 6.45) is 0. The van der Waals surface area contributed by atoms with Crippen molar-refractivity contribution < 1.29 is 57.7 Å². The van der Waals surface area contributed by atoms with Gasteiger partial charge in [0.25, 0.3) is 0 Å². The molecule has 0 saturated carbocycles. The maximum atomic E-state index is 2.62. The van der Waals surface area contributed by atoms with Crippen molar-refractivity contribution in [3.63, 3.8) is 0 Å². The Bertz CT molecular complexity index is 1040. The number of hydrogen-bond donors (Lipinski definition) is 0. The van der Waals surface area contributed by atoms with Crippen molar-refractivity contribution in [3.8, 4) is 0 Å². The molecule has 0 heterocycles. The van der Waals surface area contributed by atoms with E-state index >= 15 is 0 Å². The number of hydrogen-bond acceptors (Lipinski definition) is 0. The van der Waals surface area contributed by atoms with Crippen molar-refractivity contribution in [3.05, 3.63) is 74.2 Å². The van der Waals surface area contributed by atoms with E-state index in [4.69, 9.17) is 0 Å². The Morgan fingerprint density at radius 3 is 1.55 bits per heavy atom. The number of rotatable bonds is 4. The van der Waals surface area contributed by atoms with Crippen molar-refractivity contribution >= 4 is 31.7 Å². The van der Waals surface area contributed by atoms with Gasteiger partial charge in [-0.25, -0.2) is 0 Å². The third-order valence-corrected chi connectivity index (χ3v) is 17.2. The van der Waals surface area contributed by atoms with E-state index in [1.54, 1.807) is 25.0 Å². The second-order valence-corrected chi connectivity index (χ2v) is 21.0. The summed E-state index contributed by atoms with van der Waals surface area (Å²) in [5.41, 5.74) is 7.32. The van der Waals surface area contributed by atoms with E-state index < -0.39 is 16.1 Å². The molecule has 0 bridgehead atoms. The van der Waals surface area contributed by atoms with E-state index in [9.17, 15) is 0 Å². The molecule has 0 saturated heterocycles. The number of allylic oxidation sites excluding steroid dienone is 4. The van der Waals surface area contributed by atoms with Gasteiger partial charge in [0.05, 0.1) is 0 Å². The maximum Gasteiger partial charge on any atom is -1.00 e. The molecule has 33 heavy (non-hydrogen) atoms. The largest absolute Gasteiger partial charge is 1.00 e. The third kappa shape index (κ3) is 5.38. The van der Waals surface area contributed by atoms with Crippen LogP contribution in [0.15, 0.2) is 63.1 Å². The van der Waals surface area contributed by atoms with Crippen LogP contribution in [-0.4, -0.2) is 16.1 Å². The van der Waals surface area contributed by atoms with Gasteiger partial charge in [0.1, 0.15) is 0 Å². The molecule has 3 rings (SSSR count). The first-order chi connectivity index (χ1) is 13.7. The zero-order chi connectivity index (χ0) is 22.6. The molecule has 1 aliphatic carbocycles. The fraction of sp³-hybridized carbons (Fsp3) is 0.407. The average Bonchev–Trinajstić information content (AvgIpc) is 2.83. The smallest absolute Gasteiger partial charge is 1.00 e. The van der Waals surface area contributed by atoms with E-state index in [2.05, 4.69) is 131 Å². The minimum atomic E-state index is -2.16. The van der Waals surface area contributed by atoms with Crippen molar-refractivity contribution in [2.75, 3.05) is 0 Å². The summed E-state index contributed by atoms with van der Waals surface area (Å²) in [5, 5.41) is 4.80. The molecule has 0 aliphatic heterocycles. The van der Waals surface area contributed by atoms with Crippen LogP contribution >= 0.6 is 0 Å². The molecule has 0 radical (unpaired) electrons. The van der Waals surface area contributed by atoms with E-state index in [0.29, 0.717) is 0 Å². The van der Waals surface area contributed by atoms with Crippen LogP contribution < -0.4 is 52.8 Å². The first kappa shape index (κ1) is 32.9. The van der Waals surface area contributed by atoms with Crippen molar-refractivity contribution in [1.82, 2.24) is 0 Å². The second kappa shape index (κ2) is 11.3. The van der Waals surface area contributed by atoms with Crippen molar-refractivity contribution in [1.29, 1.82) is 0 Å². The van der Waals surface area contributed by atoms with Gasteiger partial charge in [-0.2, -0.15) is 0 Å². The monoisotopic (exact) mass is 570 g/mol. The molecule has 2 unspecified atom stereocenters. The summed E-state index contributed by atoms with van der Waals surface area (Å²) in [5.74, 6) is 0. The quantitative estimate of drug-likeness (QED) is 0.343. The summed E-state index contributed by atoms with van der Waals surface area (Å²) in [6.45, 7) is 24.1. The Balaban J connectivity index is 0.00000341. The Labute approximate surface area is 234 Å². The molecular formula is C27H37Cl3Si2Ti. The van der Waals surface area contributed by atoms with E-state index in [0.717, 1.165) is 0 Å². The van der Waals surface area contributed by atoms with E-state index in [1.165, 1.54) is 22.3 Å². The van der Waals surface area contributed by atoms with E-state index in [1.807, 2.05) is 0 Å². The number of halogens is 3. The summed E-state index contributed by atoms with van der Waals surface area (Å²) in [6, 6.07) is 17.0. The topological polar surface area (TPSA) is 0 Å². The van der Waals surface area contributed by atoms with Crippen LogP contribution in [0.25, 0.3) is 0 Å². The Hall–Kier alpha value is -0.0619. The van der Waals surface area contributed by atoms with Crippen molar-refractivity contribution in [2.24, 2.45) is 0 Å². The standard InChI is InChI=1S/C27H37Si2.3ClH.Ti/c1-19-11-13-24(14-12-19)29(10,27(6)18-21(3)22(4)23(27)5)26-16-20(2)15-25(17-26)28(7,8)9;;;;/h11-17H,1-10H3;3*1H;/q;;;;+3/p-3. The van der Waals surface area contributed by atoms with Gasteiger partial charge in [0.15, 0.2) is 0 Å². The molecule has 178 valence electrons. The van der Waals surface area contributed by atoms with Crippen LogP contribution in [0.1, 0.15) is 38.8 Å². The molecule has 2 aromatic rings. The van der Waals surface area contributed by atoms with Crippen LogP contribution in [0.2, 0.25) is 31.2 Å². The number of benzene rings is 2. The van der Waals surface area contributed by atoms with E-state index in [-0.39, 0.29) is 42.3 Å². The SMILES string of the molecule is CC1=C(C)C(C)([Si](C)(c2ccc(C)cc2)c2cc(C)cc([Si](C)(C)C)c2)[C]([Ti+3])=C1C.[Cl-].[Cl-].[Cl-]. The van der Waals surface area contributed by atoms with Gasteiger partial charge < -0.3 is 37.2 Å². The molecule has 0 nitrogen and oxygen atoms in total. The predicted octanol–water partition coefficient (Wildman–Crippen LogP) is -3.02. The van der Waals surface area contributed by atoms with Gasteiger partial charge in [0, 0.05) is 0 Å². The van der Waals surface area contributed by atoms with Gasteiger partial charge in [-0.1, -0.05) is 0 Å². The fourth-order valence-corrected chi connectivity index (χ4v) is 13.2. The third-order valence-electron chi connectivity index (χ3n) is 7.90. The van der Waals surface area contributed by atoms with Crippen LogP contribution in [0.3, 0.4) is 0 Å². The molecule has 1 aliphatic rings. The Morgan fingerprint density at radius 1 is 0.636 bits per heavy atom. The molecule has 0 N–H and O–H groups in total. The van der Waals surface area contributed by atoms with Crippen LogP contribution in [-0.2, 0) is 20.4 Å². The summed E-state index contributed by atoms with van der Waals surface area (Å²) in [4.78, 5) is 0. The maximum absolute atomic E-state index is 2.62. The van der Waals surface area contributed by atoms with Crippen LogP contribution in [0.5, 0.6) is 0 Å². The van der Waals surface area contributed by atoms with Crippen LogP contribution in [0, 0.1) is 13.8 Å². The summed E-state index contributed by atoms with van der Waals surface area (Å²) < 4.78 is 1.57. The summed E-state index contributed by atoms with van der Waals surface area (Å²) >= 11 is 2.39. The first-order valence-corrected chi connectivity index (χ1v) is 17.8. The fourth-order valence-electron chi connectivity index (χ4n) is 5.17. The van der Waals surface area contributed by atoms with Gasteiger partial charge >= 0.3 is 199 Å². The van der Waals surface area contributed by atoms with Gasteiger partial charge in [0.2, 0.25) is 0 Å². The second-order valence-electron chi connectivity index (χ2n) is 10.7. The molecule has 0 aromatic heterocycles. The Morgan fingerprint density at radius 2 is 1.12 bits per heavy atom. The zero-order valence-electron chi connectivity index (χ0n) is 21.7. The minimum absolute atomic E-state index is 0. The normalized spacial score (nSPS) is 20.0. The summed E-state index contributed by atoms with van der Waals surface area (Å²) in [7, 11) is -3.57. The molecule has 2 aromatic carbocycles. The zero-order valence-corrected chi connectivity index (χ0v) is 27.5. The average molecular weight is 572 g/mol. The molecular weight excluding hydrogens is 535 g/mol. The van der Waals surface area contributed by atoms with Gasteiger partial charge in [-0.05, 0) is 0 Å². The van der Waals surface area contributed by atoms with Crippen molar-refractivity contribution in [2.45, 2.75) is 72.8 Å². The first-order valence-electron chi connectivity index (χ1n) is 11.1. The molecule has 0 spiro atoms. The molecule has 0 amide bonds. The predicted molar refractivity (Wildman–Crippen MR) is 136 cm³/mol. The minimum Gasteiger partial charge on any atom is -1.00 e. The Kier molecular flexibility index (Phi) is 11.3. The molecule has 2 atom stereocenters. The van der Waals surface area contributed by atoms with Crippen LogP contribution in [0.4, 0.5) is 0 Å². The van der Waals surface area contributed by atoms with Gasteiger partial charge in [-0.15, -0.1) is 0 Å². The van der Waals surface area contributed by atoms with Gasteiger partial charge in [-0.3, -0.25) is 0 Å². The molecule has 6 heteroatoms. The molecule has 0 fully saturated rings.